The largest absolute Gasteiger partial charge is 0.348 e. The molecule has 0 radical (unpaired) electrons. The third-order valence-electron chi connectivity index (χ3n) is 4.29. The van der Waals surface area contributed by atoms with Crippen molar-refractivity contribution in [3.63, 3.8) is 0 Å². The fourth-order valence-corrected chi connectivity index (χ4v) is 4.27. The van der Waals surface area contributed by atoms with Crippen LogP contribution in [0, 0.1) is 16.7 Å². The van der Waals surface area contributed by atoms with E-state index in [9.17, 15) is 4.79 Å². The van der Waals surface area contributed by atoms with Crippen molar-refractivity contribution < 1.29 is 14.3 Å². The molecule has 2 atom stereocenters. The molecule has 1 saturated carbocycles. The van der Waals surface area contributed by atoms with Crippen LogP contribution < -0.4 is 0 Å². The molecule has 104 valence electrons. The Morgan fingerprint density at radius 1 is 1.17 bits per heavy atom. The fraction of sp³-hybridized carbons (Fsp3) is 0.929. The fourth-order valence-electron chi connectivity index (χ4n) is 3.06. The number of rotatable bonds is 0. The van der Waals surface area contributed by atoms with E-state index in [-0.39, 0.29) is 27.4 Å². The van der Waals surface area contributed by atoms with Crippen LogP contribution >= 0.6 is 15.9 Å². The highest BCUT2D eigenvalue weighted by Gasteiger charge is 2.61. The molecule has 0 N–H and O–H groups in total. The quantitative estimate of drug-likeness (QED) is 0.644. The third-order valence-corrected chi connectivity index (χ3v) is 5.07. The van der Waals surface area contributed by atoms with Crippen molar-refractivity contribution in [2.24, 2.45) is 16.7 Å². The molecule has 0 aromatic carbocycles. The molecule has 0 aromatic heterocycles. The van der Waals surface area contributed by atoms with Crippen molar-refractivity contribution in [2.75, 3.05) is 13.2 Å². The Morgan fingerprint density at radius 2 is 1.67 bits per heavy atom. The summed E-state index contributed by atoms with van der Waals surface area (Å²) < 4.78 is 12.2. The minimum absolute atomic E-state index is 0.0232. The molecule has 0 bridgehead atoms. The predicted molar refractivity (Wildman–Crippen MR) is 73.7 cm³/mol. The lowest BCUT2D eigenvalue weighted by Crippen LogP contribution is -2.65. The monoisotopic (exact) mass is 318 g/mol. The smallest absolute Gasteiger partial charge is 0.182 e. The Morgan fingerprint density at radius 3 is 2.17 bits per heavy atom. The molecule has 18 heavy (non-hydrogen) atoms. The zero-order valence-corrected chi connectivity index (χ0v) is 13.5. The van der Waals surface area contributed by atoms with Crippen molar-refractivity contribution in [1.82, 2.24) is 0 Å². The predicted octanol–water partition coefficient (Wildman–Crippen LogP) is 3.15. The van der Waals surface area contributed by atoms with Crippen molar-refractivity contribution >= 4 is 21.7 Å². The van der Waals surface area contributed by atoms with E-state index in [2.05, 4.69) is 43.6 Å². The summed E-state index contributed by atoms with van der Waals surface area (Å²) >= 11 is 3.48. The van der Waals surface area contributed by atoms with Crippen LogP contribution in [0.25, 0.3) is 0 Å². The number of alkyl halides is 1. The van der Waals surface area contributed by atoms with Gasteiger partial charge in [-0.1, -0.05) is 50.5 Å². The number of carbonyl (C=O) groups excluding carboxylic acids is 1. The second-order valence-electron chi connectivity index (χ2n) is 7.09. The Kier molecular flexibility index (Phi) is 3.45. The van der Waals surface area contributed by atoms with Gasteiger partial charge in [0.2, 0.25) is 0 Å². The average Bonchev–Trinajstić information content (AvgIpc) is 2.25. The van der Waals surface area contributed by atoms with Gasteiger partial charge in [0.25, 0.3) is 0 Å². The Bertz CT molecular complexity index is 352. The summed E-state index contributed by atoms with van der Waals surface area (Å²) in [5, 5.41) is 0. The van der Waals surface area contributed by atoms with E-state index in [1.54, 1.807) is 0 Å². The number of halogens is 1. The number of ketones is 1. The second-order valence-corrected chi connectivity index (χ2v) is 8.19. The van der Waals surface area contributed by atoms with Gasteiger partial charge in [0, 0.05) is 10.8 Å². The Balaban J connectivity index is 2.32. The molecular weight excluding hydrogens is 296 g/mol. The maximum atomic E-state index is 12.2. The van der Waals surface area contributed by atoms with Gasteiger partial charge in [0.1, 0.15) is 0 Å². The van der Waals surface area contributed by atoms with E-state index >= 15 is 0 Å². The van der Waals surface area contributed by atoms with Crippen molar-refractivity contribution in [1.29, 1.82) is 0 Å². The van der Waals surface area contributed by atoms with Gasteiger partial charge in [-0.25, -0.2) is 0 Å². The summed E-state index contributed by atoms with van der Waals surface area (Å²) in [4.78, 5) is 12.2. The highest BCUT2D eigenvalue weighted by molar-refractivity contribution is 9.10. The molecule has 1 spiro atoms. The molecule has 0 aromatic rings. The summed E-state index contributed by atoms with van der Waals surface area (Å²) in [5.41, 5.74) is -0.152. The van der Waals surface area contributed by atoms with Crippen molar-refractivity contribution in [3.05, 3.63) is 0 Å². The van der Waals surface area contributed by atoms with Gasteiger partial charge in [0.05, 0.1) is 24.0 Å². The van der Waals surface area contributed by atoms with Crippen LogP contribution in [0.5, 0.6) is 0 Å². The number of ether oxygens (including phenoxy) is 2. The average molecular weight is 319 g/mol. The standard InChI is InChI=1S/C14H23BrO3/c1-9-11(16)10(15)6-13(4,5)14(9)17-7-12(2,3)8-18-14/h9-10H,6-8H2,1-5H3/t9-,10?/m0/s1. The van der Waals surface area contributed by atoms with E-state index < -0.39 is 5.79 Å². The molecule has 1 heterocycles. The molecule has 1 aliphatic heterocycles. The van der Waals surface area contributed by atoms with Crippen molar-refractivity contribution in [2.45, 2.75) is 51.7 Å². The summed E-state index contributed by atoms with van der Waals surface area (Å²) in [5.74, 6) is -0.806. The lowest BCUT2D eigenvalue weighted by molar-refractivity contribution is -0.363. The van der Waals surface area contributed by atoms with Gasteiger partial charge in [-0.15, -0.1) is 0 Å². The molecule has 1 saturated heterocycles. The molecule has 0 amide bonds. The van der Waals surface area contributed by atoms with Crippen LogP contribution in [0.4, 0.5) is 0 Å². The summed E-state index contributed by atoms with van der Waals surface area (Å²) in [6, 6.07) is 0. The van der Waals surface area contributed by atoms with Gasteiger partial charge < -0.3 is 9.47 Å². The first-order chi connectivity index (χ1) is 8.11. The van der Waals surface area contributed by atoms with E-state index in [0.29, 0.717) is 13.2 Å². The number of Topliss-reactive ketones (excluding diaryl/α,β-unsaturated/α-hetero) is 1. The molecule has 2 rings (SSSR count). The van der Waals surface area contributed by atoms with E-state index in [1.165, 1.54) is 0 Å². The van der Waals surface area contributed by atoms with Crippen molar-refractivity contribution in [3.8, 4) is 0 Å². The second kappa shape index (κ2) is 4.29. The topological polar surface area (TPSA) is 35.5 Å². The maximum Gasteiger partial charge on any atom is 0.182 e. The van der Waals surface area contributed by atoms with E-state index in [1.807, 2.05) is 6.92 Å². The zero-order chi connectivity index (χ0) is 13.8. The summed E-state index contributed by atoms with van der Waals surface area (Å²) in [6.45, 7) is 11.7. The molecule has 3 nitrogen and oxygen atoms in total. The molecule has 2 fully saturated rings. The first-order valence-corrected chi connectivity index (χ1v) is 7.49. The van der Waals surface area contributed by atoms with Gasteiger partial charge in [-0.3, -0.25) is 4.79 Å². The minimum Gasteiger partial charge on any atom is -0.348 e. The lowest BCUT2D eigenvalue weighted by Gasteiger charge is -2.56. The molecular formula is C14H23BrO3. The zero-order valence-electron chi connectivity index (χ0n) is 11.9. The van der Waals surface area contributed by atoms with Crippen LogP contribution in [0.2, 0.25) is 0 Å². The van der Waals surface area contributed by atoms with Gasteiger partial charge in [-0.2, -0.15) is 0 Å². The molecule has 4 heteroatoms. The Labute approximate surface area is 118 Å². The highest BCUT2D eigenvalue weighted by Crippen LogP contribution is 2.52. The molecule has 1 aliphatic carbocycles. The number of hydrogen-bond donors (Lipinski definition) is 0. The first-order valence-electron chi connectivity index (χ1n) is 6.57. The van der Waals surface area contributed by atoms with Crippen LogP contribution in [0.1, 0.15) is 41.0 Å². The Hall–Kier alpha value is 0.0700. The maximum absolute atomic E-state index is 12.2. The number of carbonyl (C=O) groups is 1. The van der Waals surface area contributed by atoms with Crippen LogP contribution in [0.15, 0.2) is 0 Å². The lowest BCUT2D eigenvalue weighted by atomic mass is 9.65. The van der Waals surface area contributed by atoms with Crippen LogP contribution in [0.3, 0.4) is 0 Å². The van der Waals surface area contributed by atoms with E-state index in [0.717, 1.165) is 6.42 Å². The van der Waals surface area contributed by atoms with Gasteiger partial charge >= 0.3 is 0 Å². The highest BCUT2D eigenvalue weighted by atomic mass is 79.9. The van der Waals surface area contributed by atoms with Gasteiger partial charge in [0.15, 0.2) is 11.6 Å². The SMILES string of the molecule is C[C@H]1C(=O)C(Br)CC(C)(C)C12OCC(C)(C)CO2. The third kappa shape index (κ3) is 2.06. The van der Waals surface area contributed by atoms with Gasteiger partial charge in [-0.05, 0) is 6.42 Å². The summed E-state index contributed by atoms with van der Waals surface area (Å²) in [7, 11) is 0. The molecule has 2 aliphatic rings. The summed E-state index contributed by atoms with van der Waals surface area (Å²) in [6.07, 6.45) is 0.747. The normalized spacial score (nSPS) is 37.8. The minimum atomic E-state index is -0.760. The van der Waals surface area contributed by atoms with E-state index in [4.69, 9.17) is 9.47 Å². The first kappa shape index (κ1) is 14.5. The molecule has 1 unspecified atom stereocenters. The number of hydrogen-bond acceptors (Lipinski definition) is 3. The van der Waals surface area contributed by atoms with Crippen LogP contribution in [-0.2, 0) is 14.3 Å². The van der Waals surface area contributed by atoms with Crippen LogP contribution in [-0.4, -0.2) is 29.6 Å².